The van der Waals surface area contributed by atoms with E-state index >= 15 is 0 Å². The Balaban J connectivity index is 1.97. The van der Waals surface area contributed by atoms with E-state index in [-0.39, 0.29) is 17.9 Å². The van der Waals surface area contributed by atoms with Crippen molar-refractivity contribution < 1.29 is 4.79 Å². The fourth-order valence-electron chi connectivity index (χ4n) is 2.66. The average molecular weight is 285 g/mol. The Bertz CT molecular complexity index is 534. The SMILES string of the molecule is CC(C)(C#N)c1ccc(NC(=O)C2CCC(N)CC2)cc1. The van der Waals surface area contributed by atoms with Crippen molar-refractivity contribution in [2.75, 3.05) is 5.32 Å². The molecule has 0 bridgehead atoms. The van der Waals surface area contributed by atoms with E-state index in [2.05, 4.69) is 11.4 Å². The molecule has 0 heterocycles. The summed E-state index contributed by atoms with van der Waals surface area (Å²) in [6, 6.07) is 10.0. The van der Waals surface area contributed by atoms with Crippen LogP contribution in [0.1, 0.15) is 45.1 Å². The van der Waals surface area contributed by atoms with Gasteiger partial charge in [-0.2, -0.15) is 5.26 Å². The molecule has 4 heteroatoms. The number of benzene rings is 1. The second-order valence-corrected chi connectivity index (χ2v) is 6.42. The van der Waals surface area contributed by atoms with Gasteiger partial charge in [-0.1, -0.05) is 12.1 Å². The Morgan fingerprint density at radius 3 is 2.33 bits per heavy atom. The summed E-state index contributed by atoms with van der Waals surface area (Å²) < 4.78 is 0. The van der Waals surface area contributed by atoms with Gasteiger partial charge in [0, 0.05) is 17.6 Å². The summed E-state index contributed by atoms with van der Waals surface area (Å²) in [6.45, 7) is 3.76. The van der Waals surface area contributed by atoms with Gasteiger partial charge in [-0.25, -0.2) is 0 Å². The second kappa shape index (κ2) is 6.28. The topological polar surface area (TPSA) is 78.9 Å². The summed E-state index contributed by atoms with van der Waals surface area (Å²) in [5.74, 6) is 0.147. The van der Waals surface area contributed by atoms with E-state index in [9.17, 15) is 4.79 Å². The van der Waals surface area contributed by atoms with E-state index in [4.69, 9.17) is 11.0 Å². The molecule has 1 aromatic rings. The quantitative estimate of drug-likeness (QED) is 0.896. The lowest BCUT2D eigenvalue weighted by Gasteiger charge is -2.25. The van der Waals surface area contributed by atoms with Crippen LogP contribution in [0.4, 0.5) is 5.69 Å². The molecule has 0 saturated heterocycles. The molecule has 1 aromatic carbocycles. The molecule has 1 saturated carbocycles. The van der Waals surface area contributed by atoms with Crippen molar-refractivity contribution >= 4 is 11.6 Å². The lowest BCUT2D eigenvalue weighted by Crippen LogP contribution is -2.32. The van der Waals surface area contributed by atoms with Crippen molar-refractivity contribution in [3.8, 4) is 6.07 Å². The van der Waals surface area contributed by atoms with Crippen molar-refractivity contribution in [1.82, 2.24) is 0 Å². The minimum Gasteiger partial charge on any atom is -0.328 e. The summed E-state index contributed by atoms with van der Waals surface area (Å²) >= 11 is 0. The summed E-state index contributed by atoms with van der Waals surface area (Å²) in [6.07, 6.45) is 3.58. The summed E-state index contributed by atoms with van der Waals surface area (Å²) in [4.78, 5) is 12.2. The maximum atomic E-state index is 12.2. The van der Waals surface area contributed by atoms with Crippen LogP contribution in [0.5, 0.6) is 0 Å². The van der Waals surface area contributed by atoms with Gasteiger partial charge >= 0.3 is 0 Å². The van der Waals surface area contributed by atoms with E-state index in [1.54, 1.807) is 0 Å². The fourth-order valence-corrected chi connectivity index (χ4v) is 2.66. The maximum absolute atomic E-state index is 12.2. The Labute approximate surface area is 126 Å². The van der Waals surface area contributed by atoms with Gasteiger partial charge in [-0.15, -0.1) is 0 Å². The molecule has 4 nitrogen and oxygen atoms in total. The third kappa shape index (κ3) is 3.83. The molecule has 0 atom stereocenters. The van der Waals surface area contributed by atoms with E-state index < -0.39 is 5.41 Å². The van der Waals surface area contributed by atoms with Crippen LogP contribution in [0.25, 0.3) is 0 Å². The number of amides is 1. The zero-order valence-electron chi connectivity index (χ0n) is 12.7. The smallest absolute Gasteiger partial charge is 0.227 e. The monoisotopic (exact) mass is 285 g/mol. The molecule has 2 rings (SSSR count). The Morgan fingerprint density at radius 1 is 1.24 bits per heavy atom. The molecule has 1 aliphatic carbocycles. The van der Waals surface area contributed by atoms with Crippen LogP contribution in [0.2, 0.25) is 0 Å². The van der Waals surface area contributed by atoms with Gasteiger partial charge in [0.25, 0.3) is 0 Å². The van der Waals surface area contributed by atoms with E-state index in [1.165, 1.54) is 0 Å². The normalized spacial score (nSPS) is 22.4. The second-order valence-electron chi connectivity index (χ2n) is 6.42. The van der Waals surface area contributed by atoms with Crippen LogP contribution < -0.4 is 11.1 Å². The zero-order chi connectivity index (χ0) is 15.5. The molecule has 1 amide bonds. The van der Waals surface area contributed by atoms with Crippen molar-refractivity contribution in [3.05, 3.63) is 29.8 Å². The highest BCUT2D eigenvalue weighted by Gasteiger charge is 2.25. The molecule has 0 spiro atoms. The van der Waals surface area contributed by atoms with Crippen molar-refractivity contribution in [3.63, 3.8) is 0 Å². The zero-order valence-corrected chi connectivity index (χ0v) is 12.7. The molecule has 21 heavy (non-hydrogen) atoms. The Hall–Kier alpha value is -1.86. The first-order valence-corrected chi connectivity index (χ1v) is 7.50. The Kier molecular flexibility index (Phi) is 4.64. The van der Waals surface area contributed by atoms with Gasteiger partial charge in [0.05, 0.1) is 11.5 Å². The summed E-state index contributed by atoms with van der Waals surface area (Å²) in [5, 5.41) is 12.1. The first-order chi connectivity index (χ1) is 9.92. The van der Waals surface area contributed by atoms with Crippen LogP contribution in [0.3, 0.4) is 0 Å². The molecule has 0 aliphatic heterocycles. The standard InChI is InChI=1S/C17H23N3O/c1-17(2,11-18)13-5-9-15(10-6-13)20-16(21)12-3-7-14(19)8-4-12/h5-6,9-10,12,14H,3-4,7-8,19H2,1-2H3,(H,20,21). The number of carbonyl (C=O) groups excluding carboxylic acids is 1. The largest absolute Gasteiger partial charge is 0.328 e. The highest BCUT2D eigenvalue weighted by atomic mass is 16.1. The van der Waals surface area contributed by atoms with Crippen LogP contribution in [0.15, 0.2) is 24.3 Å². The van der Waals surface area contributed by atoms with Gasteiger partial charge < -0.3 is 11.1 Å². The highest BCUT2D eigenvalue weighted by Crippen LogP contribution is 2.26. The van der Waals surface area contributed by atoms with Crippen molar-refractivity contribution in [2.45, 2.75) is 51.0 Å². The van der Waals surface area contributed by atoms with Crippen LogP contribution in [0, 0.1) is 17.2 Å². The fraction of sp³-hybridized carbons (Fsp3) is 0.529. The number of nitrogens with two attached hydrogens (primary N) is 1. The minimum atomic E-state index is -0.512. The number of carbonyl (C=O) groups is 1. The van der Waals surface area contributed by atoms with Gasteiger partial charge in [-0.3, -0.25) is 4.79 Å². The molecular formula is C17H23N3O. The molecule has 3 N–H and O–H groups in total. The number of hydrogen-bond donors (Lipinski definition) is 2. The average Bonchev–Trinajstić information content (AvgIpc) is 2.48. The number of anilines is 1. The van der Waals surface area contributed by atoms with E-state index in [0.29, 0.717) is 0 Å². The number of hydrogen-bond acceptors (Lipinski definition) is 3. The first kappa shape index (κ1) is 15.5. The predicted molar refractivity (Wildman–Crippen MR) is 83.6 cm³/mol. The summed E-state index contributed by atoms with van der Waals surface area (Å²) in [5.41, 5.74) is 7.09. The number of nitriles is 1. The van der Waals surface area contributed by atoms with Gasteiger partial charge in [0.15, 0.2) is 0 Å². The third-order valence-corrected chi connectivity index (χ3v) is 4.30. The lowest BCUT2D eigenvalue weighted by molar-refractivity contribution is -0.120. The predicted octanol–water partition coefficient (Wildman–Crippen LogP) is 2.94. The number of nitrogens with one attached hydrogen (secondary N) is 1. The van der Waals surface area contributed by atoms with Gasteiger partial charge in [0.2, 0.25) is 5.91 Å². The van der Waals surface area contributed by atoms with Crippen molar-refractivity contribution in [1.29, 1.82) is 5.26 Å². The minimum absolute atomic E-state index is 0.0695. The molecule has 0 aromatic heterocycles. The molecule has 1 fully saturated rings. The molecule has 0 radical (unpaired) electrons. The summed E-state index contributed by atoms with van der Waals surface area (Å²) in [7, 11) is 0. The maximum Gasteiger partial charge on any atom is 0.227 e. The van der Waals surface area contributed by atoms with Gasteiger partial charge in [0.1, 0.15) is 0 Å². The van der Waals surface area contributed by atoms with E-state index in [1.807, 2.05) is 38.1 Å². The van der Waals surface area contributed by atoms with E-state index in [0.717, 1.165) is 36.9 Å². The lowest BCUT2D eigenvalue weighted by atomic mass is 9.85. The molecule has 0 unspecified atom stereocenters. The van der Waals surface area contributed by atoms with Crippen LogP contribution in [-0.4, -0.2) is 11.9 Å². The Morgan fingerprint density at radius 2 is 1.81 bits per heavy atom. The van der Waals surface area contributed by atoms with Gasteiger partial charge in [-0.05, 0) is 57.2 Å². The molecule has 1 aliphatic rings. The highest BCUT2D eigenvalue weighted by molar-refractivity contribution is 5.92. The number of nitrogens with zero attached hydrogens (tertiary/aromatic N) is 1. The number of rotatable bonds is 3. The third-order valence-electron chi connectivity index (χ3n) is 4.30. The van der Waals surface area contributed by atoms with Crippen molar-refractivity contribution in [2.24, 2.45) is 11.7 Å². The first-order valence-electron chi connectivity index (χ1n) is 7.50. The molecule has 112 valence electrons. The van der Waals surface area contributed by atoms with Crippen LogP contribution in [-0.2, 0) is 10.2 Å². The van der Waals surface area contributed by atoms with Crippen LogP contribution >= 0.6 is 0 Å². The molecular weight excluding hydrogens is 262 g/mol.